The van der Waals surface area contributed by atoms with Gasteiger partial charge in [-0.3, -0.25) is 0 Å². The Morgan fingerprint density at radius 1 is 1.55 bits per heavy atom. The lowest BCUT2D eigenvalue weighted by molar-refractivity contribution is 0.428. The maximum Gasteiger partial charge on any atom is 0.168 e. The molecule has 0 unspecified atom stereocenters. The molecule has 0 fully saturated rings. The molecule has 0 aliphatic carbocycles. The molecule has 0 amide bonds. The van der Waals surface area contributed by atoms with Crippen LogP contribution in [0.4, 0.5) is 0 Å². The van der Waals surface area contributed by atoms with Crippen LogP contribution in [-0.4, -0.2) is 5.16 Å². The number of rotatable bonds is 1. The maximum absolute atomic E-state index is 5.02. The van der Waals surface area contributed by atoms with Crippen LogP contribution in [0.15, 0.2) is 32.0 Å². The molecule has 2 aromatic rings. The van der Waals surface area contributed by atoms with Crippen molar-refractivity contribution >= 4 is 27.3 Å². The molecule has 2 nitrogen and oxygen atoms in total. The van der Waals surface area contributed by atoms with Gasteiger partial charge in [-0.15, -0.1) is 0 Å². The normalized spacial score (nSPS) is 10.3. The molecule has 0 spiro atoms. The van der Waals surface area contributed by atoms with Gasteiger partial charge in [0.2, 0.25) is 0 Å². The summed E-state index contributed by atoms with van der Waals surface area (Å²) in [4.78, 5) is 0. The minimum Gasteiger partial charge on any atom is -0.355 e. The van der Waals surface area contributed by atoms with Crippen molar-refractivity contribution in [3.05, 3.63) is 27.5 Å². The number of halogens is 1. The Morgan fingerprint density at radius 2 is 2.45 bits per heavy atom. The monoisotopic (exact) mass is 229 g/mol. The van der Waals surface area contributed by atoms with E-state index in [1.807, 2.05) is 22.9 Å². The van der Waals surface area contributed by atoms with Crippen LogP contribution in [0.3, 0.4) is 0 Å². The molecular weight excluding hydrogens is 226 g/mol. The van der Waals surface area contributed by atoms with Gasteiger partial charge >= 0.3 is 0 Å². The van der Waals surface area contributed by atoms with Gasteiger partial charge in [0.05, 0.1) is 0 Å². The summed E-state index contributed by atoms with van der Waals surface area (Å²) in [5.41, 5.74) is 1.08. The average molecular weight is 230 g/mol. The minimum atomic E-state index is 0.735. The van der Waals surface area contributed by atoms with E-state index in [1.54, 1.807) is 11.3 Å². The van der Waals surface area contributed by atoms with Crippen molar-refractivity contribution in [3.63, 3.8) is 0 Å². The highest BCUT2D eigenvalue weighted by molar-refractivity contribution is 9.10. The van der Waals surface area contributed by atoms with E-state index in [9.17, 15) is 0 Å². The predicted octanol–water partition coefficient (Wildman–Crippen LogP) is 3.17. The van der Waals surface area contributed by atoms with Gasteiger partial charge in [-0.2, -0.15) is 11.3 Å². The number of thiophene rings is 1. The average Bonchev–Trinajstić information content (AvgIpc) is 2.55. The van der Waals surface area contributed by atoms with Gasteiger partial charge < -0.3 is 4.52 Å². The lowest BCUT2D eigenvalue weighted by Crippen LogP contribution is -1.62. The first-order chi connectivity index (χ1) is 5.36. The van der Waals surface area contributed by atoms with Crippen molar-refractivity contribution in [2.24, 2.45) is 0 Å². The van der Waals surface area contributed by atoms with E-state index in [0.717, 1.165) is 15.9 Å². The topological polar surface area (TPSA) is 26.0 Å². The number of nitrogens with zero attached hydrogens (tertiary/aromatic N) is 1. The molecule has 4 heteroatoms. The van der Waals surface area contributed by atoms with Crippen molar-refractivity contribution in [1.82, 2.24) is 5.16 Å². The number of aromatic nitrogens is 1. The molecule has 2 rings (SSSR count). The zero-order valence-corrected chi connectivity index (χ0v) is 7.85. The molecule has 11 heavy (non-hydrogen) atoms. The predicted molar refractivity (Wildman–Crippen MR) is 47.5 cm³/mol. The highest BCUT2D eigenvalue weighted by Crippen LogP contribution is 2.24. The van der Waals surface area contributed by atoms with Crippen molar-refractivity contribution < 1.29 is 4.52 Å². The highest BCUT2D eigenvalue weighted by atomic mass is 79.9. The second-order valence-corrected chi connectivity index (χ2v) is 3.62. The highest BCUT2D eigenvalue weighted by Gasteiger charge is 2.03. The molecule has 0 radical (unpaired) electrons. The van der Waals surface area contributed by atoms with E-state index in [1.165, 1.54) is 0 Å². The summed E-state index contributed by atoms with van der Waals surface area (Å²) in [6, 6.07) is 3.85. The van der Waals surface area contributed by atoms with Gasteiger partial charge in [-0.05, 0) is 27.4 Å². The molecule has 2 heterocycles. The molecule has 0 saturated heterocycles. The Hall–Kier alpha value is -0.610. The summed E-state index contributed by atoms with van der Waals surface area (Å²) in [5.74, 6) is 0.804. The first-order valence-electron chi connectivity index (χ1n) is 3.01. The Kier molecular flexibility index (Phi) is 1.79. The molecule has 0 aliphatic heterocycles. The Bertz CT molecular complexity index is 341. The van der Waals surface area contributed by atoms with Crippen LogP contribution >= 0.6 is 27.3 Å². The summed E-state index contributed by atoms with van der Waals surface area (Å²) in [5, 5.41) is 7.75. The fraction of sp³-hybridized carbons (Fsp3) is 0. The SMILES string of the molecule is Brc1cc(-c2ccsc2)on1. The molecular formula is C7H4BrNOS. The first-order valence-corrected chi connectivity index (χ1v) is 4.74. The van der Waals surface area contributed by atoms with Crippen molar-refractivity contribution in [2.75, 3.05) is 0 Å². The molecule has 0 aromatic carbocycles. The third-order valence-corrected chi connectivity index (χ3v) is 2.34. The lowest BCUT2D eigenvalue weighted by atomic mass is 10.3. The Balaban J connectivity index is 2.45. The standard InChI is InChI=1S/C7H4BrNOS/c8-7-3-6(10-9-7)5-1-2-11-4-5/h1-4H. The van der Waals surface area contributed by atoms with Gasteiger partial charge in [0.25, 0.3) is 0 Å². The molecule has 0 bridgehead atoms. The van der Waals surface area contributed by atoms with Crippen LogP contribution in [0.2, 0.25) is 0 Å². The molecule has 0 atom stereocenters. The summed E-state index contributed by atoms with van der Waals surface area (Å²) in [6.07, 6.45) is 0. The van der Waals surface area contributed by atoms with Crippen LogP contribution in [0.1, 0.15) is 0 Å². The van der Waals surface area contributed by atoms with Gasteiger partial charge in [0, 0.05) is 17.0 Å². The van der Waals surface area contributed by atoms with Gasteiger partial charge in [0.15, 0.2) is 5.76 Å². The second-order valence-electron chi connectivity index (χ2n) is 2.03. The van der Waals surface area contributed by atoms with E-state index in [4.69, 9.17) is 4.52 Å². The van der Waals surface area contributed by atoms with E-state index in [-0.39, 0.29) is 0 Å². The third kappa shape index (κ3) is 1.36. The number of hydrogen-bond acceptors (Lipinski definition) is 3. The first kappa shape index (κ1) is 7.06. The lowest BCUT2D eigenvalue weighted by Gasteiger charge is -1.82. The summed E-state index contributed by atoms with van der Waals surface area (Å²) in [6.45, 7) is 0. The van der Waals surface area contributed by atoms with Crippen molar-refractivity contribution in [2.45, 2.75) is 0 Å². The molecule has 0 N–H and O–H groups in total. The summed E-state index contributed by atoms with van der Waals surface area (Å²) < 4.78 is 5.75. The van der Waals surface area contributed by atoms with Crippen molar-refractivity contribution in [1.29, 1.82) is 0 Å². The molecule has 0 aliphatic rings. The van der Waals surface area contributed by atoms with E-state index >= 15 is 0 Å². The summed E-state index contributed by atoms with van der Waals surface area (Å²) >= 11 is 4.86. The smallest absolute Gasteiger partial charge is 0.168 e. The summed E-state index contributed by atoms with van der Waals surface area (Å²) in [7, 11) is 0. The molecule has 2 aromatic heterocycles. The van der Waals surface area contributed by atoms with Crippen LogP contribution in [0.25, 0.3) is 11.3 Å². The van der Waals surface area contributed by atoms with Crippen LogP contribution in [0, 0.1) is 0 Å². The van der Waals surface area contributed by atoms with E-state index in [2.05, 4.69) is 21.1 Å². The zero-order chi connectivity index (χ0) is 7.68. The quantitative estimate of drug-likeness (QED) is 0.751. The number of hydrogen-bond donors (Lipinski definition) is 0. The Labute approximate surface area is 76.0 Å². The fourth-order valence-corrected chi connectivity index (χ4v) is 1.72. The maximum atomic E-state index is 5.02. The van der Waals surface area contributed by atoms with Crippen LogP contribution < -0.4 is 0 Å². The van der Waals surface area contributed by atoms with Gasteiger partial charge in [-0.1, -0.05) is 5.16 Å². The second kappa shape index (κ2) is 2.79. The third-order valence-electron chi connectivity index (χ3n) is 1.29. The molecule has 0 saturated carbocycles. The van der Waals surface area contributed by atoms with E-state index in [0.29, 0.717) is 0 Å². The minimum absolute atomic E-state index is 0.735. The van der Waals surface area contributed by atoms with Gasteiger partial charge in [0.1, 0.15) is 4.60 Å². The van der Waals surface area contributed by atoms with E-state index < -0.39 is 0 Å². The van der Waals surface area contributed by atoms with Gasteiger partial charge in [-0.25, -0.2) is 0 Å². The zero-order valence-electron chi connectivity index (χ0n) is 5.45. The van der Waals surface area contributed by atoms with Crippen molar-refractivity contribution in [3.8, 4) is 11.3 Å². The fourth-order valence-electron chi connectivity index (χ4n) is 0.794. The van der Waals surface area contributed by atoms with Crippen LogP contribution in [-0.2, 0) is 0 Å². The molecule has 56 valence electrons. The van der Waals surface area contributed by atoms with Crippen LogP contribution in [0.5, 0.6) is 0 Å². The largest absolute Gasteiger partial charge is 0.355 e. The Morgan fingerprint density at radius 3 is 3.00 bits per heavy atom.